The summed E-state index contributed by atoms with van der Waals surface area (Å²) < 4.78 is 0.861. The van der Waals surface area contributed by atoms with Crippen molar-refractivity contribution >= 4 is 21.6 Å². The van der Waals surface area contributed by atoms with Crippen LogP contribution in [0.2, 0.25) is 0 Å². The number of nitriles is 1. The summed E-state index contributed by atoms with van der Waals surface area (Å²) >= 11 is 3.24. The van der Waals surface area contributed by atoms with Gasteiger partial charge in [-0.2, -0.15) is 5.26 Å². The minimum absolute atomic E-state index is 0.624. The van der Waals surface area contributed by atoms with E-state index in [-0.39, 0.29) is 0 Å². The maximum absolute atomic E-state index is 8.76. The lowest BCUT2D eigenvalue weighted by molar-refractivity contribution is 1.31. The van der Waals surface area contributed by atoms with E-state index in [0.29, 0.717) is 12.1 Å². The molecule has 0 aliphatic rings. The maximum atomic E-state index is 8.76. The van der Waals surface area contributed by atoms with Gasteiger partial charge >= 0.3 is 0 Å². The van der Waals surface area contributed by atoms with Crippen LogP contribution in [-0.2, 0) is 0 Å². The molecule has 0 aliphatic heterocycles. The molecule has 0 amide bonds. The van der Waals surface area contributed by atoms with E-state index >= 15 is 0 Å². The molecule has 1 aromatic carbocycles. The average Bonchev–Trinajstić information content (AvgIpc) is 2.15. The number of nitrogens with zero attached hydrogens (tertiary/aromatic N) is 1. The molecule has 0 heterocycles. The van der Waals surface area contributed by atoms with E-state index in [1.54, 1.807) is 6.07 Å². The van der Waals surface area contributed by atoms with Gasteiger partial charge in [0.15, 0.2) is 0 Å². The van der Waals surface area contributed by atoms with Gasteiger partial charge in [-0.25, -0.2) is 0 Å². The Morgan fingerprint density at radius 1 is 1.54 bits per heavy atom. The van der Waals surface area contributed by atoms with Gasteiger partial charge in [0.1, 0.15) is 6.07 Å². The number of benzene rings is 1. The number of nitrogens with one attached hydrogen (secondary N) is 1. The minimum atomic E-state index is 0.624. The van der Waals surface area contributed by atoms with Crippen LogP contribution in [0.15, 0.2) is 35.3 Å². The van der Waals surface area contributed by atoms with Crippen LogP contribution in [0.5, 0.6) is 0 Å². The molecular formula is C10H9BrN2. The maximum Gasteiger partial charge on any atom is 0.101 e. The molecule has 13 heavy (non-hydrogen) atoms. The lowest BCUT2D eigenvalue weighted by Crippen LogP contribution is -2.01. The highest BCUT2D eigenvalue weighted by atomic mass is 79.9. The highest BCUT2D eigenvalue weighted by Gasteiger charge is 1.98. The summed E-state index contributed by atoms with van der Waals surface area (Å²) in [7, 11) is 0. The Morgan fingerprint density at radius 3 is 2.85 bits per heavy atom. The zero-order valence-electron chi connectivity index (χ0n) is 7.05. The summed E-state index contributed by atoms with van der Waals surface area (Å²) in [6, 6.07) is 9.49. The molecule has 0 saturated heterocycles. The van der Waals surface area contributed by atoms with Gasteiger partial charge in [-0.1, -0.05) is 34.6 Å². The first-order chi connectivity index (χ1) is 6.24. The van der Waals surface area contributed by atoms with Crippen LogP contribution in [0.1, 0.15) is 5.56 Å². The second-order valence-corrected chi connectivity index (χ2v) is 3.65. The van der Waals surface area contributed by atoms with E-state index < -0.39 is 0 Å². The molecule has 3 heteroatoms. The molecule has 0 bridgehead atoms. The Morgan fingerprint density at radius 2 is 2.23 bits per heavy atom. The van der Waals surface area contributed by atoms with Crippen LogP contribution in [0.25, 0.3) is 0 Å². The van der Waals surface area contributed by atoms with Crippen molar-refractivity contribution in [3.63, 3.8) is 0 Å². The molecule has 66 valence electrons. The Hall–Kier alpha value is -1.27. The Balaban J connectivity index is 2.77. The van der Waals surface area contributed by atoms with Gasteiger partial charge in [0.2, 0.25) is 0 Å². The fraction of sp³-hybridized carbons (Fsp3) is 0.100. The monoisotopic (exact) mass is 236 g/mol. The van der Waals surface area contributed by atoms with Crippen LogP contribution >= 0.6 is 15.9 Å². The molecular weight excluding hydrogens is 228 g/mol. The number of anilines is 1. The van der Waals surface area contributed by atoms with Crippen molar-refractivity contribution in [1.82, 2.24) is 0 Å². The van der Waals surface area contributed by atoms with Crippen molar-refractivity contribution in [2.45, 2.75) is 0 Å². The second kappa shape index (κ2) is 4.68. The van der Waals surface area contributed by atoms with Gasteiger partial charge < -0.3 is 5.32 Å². The Bertz CT molecular complexity index is 352. The van der Waals surface area contributed by atoms with E-state index in [2.05, 4.69) is 33.9 Å². The second-order valence-electron chi connectivity index (χ2n) is 2.53. The van der Waals surface area contributed by atoms with Crippen LogP contribution < -0.4 is 5.32 Å². The quantitative estimate of drug-likeness (QED) is 0.877. The molecule has 1 N–H and O–H groups in total. The summed E-state index contributed by atoms with van der Waals surface area (Å²) in [6.45, 7) is 4.32. The number of para-hydroxylation sites is 1. The molecule has 0 atom stereocenters. The number of halogens is 1. The van der Waals surface area contributed by atoms with Crippen LogP contribution in [0, 0.1) is 11.3 Å². The molecule has 0 aromatic heterocycles. The molecule has 0 radical (unpaired) electrons. The smallest absolute Gasteiger partial charge is 0.101 e. The zero-order chi connectivity index (χ0) is 9.68. The van der Waals surface area contributed by atoms with E-state index in [9.17, 15) is 0 Å². The van der Waals surface area contributed by atoms with Gasteiger partial charge in [-0.15, -0.1) is 0 Å². The highest BCUT2D eigenvalue weighted by molar-refractivity contribution is 9.11. The van der Waals surface area contributed by atoms with Gasteiger partial charge in [-0.05, 0) is 12.1 Å². The molecule has 0 spiro atoms. The van der Waals surface area contributed by atoms with Crippen LogP contribution in [0.3, 0.4) is 0 Å². The first-order valence-electron chi connectivity index (χ1n) is 3.80. The van der Waals surface area contributed by atoms with Crippen molar-refractivity contribution in [2.75, 3.05) is 11.9 Å². The fourth-order valence-corrected chi connectivity index (χ4v) is 1.07. The van der Waals surface area contributed by atoms with E-state index in [1.165, 1.54) is 0 Å². The standard InChI is InChI=1S/C10H9BrN2/c1-8(11)7-13-10-5-3-2-4-9(10)6-12/h2-5,13H,1,7H2. The lowest BCUT2D eigenvalue weighted by atomic mass is 10.2. The molecule has 0 fully saturated rings. The predicted molar refractivity (Wildman–Crippen MR) is 57.7 cm³/mol. The first-order valence-corrected chi connectivity index (χ1v) is 4.59. The SMILES string of the molecule is C=C(Br)CNc1ccccc1C#N. The average molecular weight is 237 g/mol. The van der Waals surface area contributed by atoms with E-state index in [0.717, 1.165) is 10.2 Å². The zero-order valence-corrected chi connectivity index (χ0v) is 8.63. The number of hydrogen-bond acceptors (Lipinski definition) is 2. The number of rotatable bonds is 3. The van der Waals surface area contributed by atoms with E-state index in [4.69, 9.17) is 5.26 Å². The topological polar surface area (TPSA) is 35.8 Å². The summed E-state index contributed by atoms with van der Waals surface area (Å²) in [5.41, 5.74) is 1.49. The molecule has 1 rings (SSSR count). The van der Waals surface area contributed by atoms with Gasteiger partial charge in [0.05, 0.1) is 11.3 Å². The van der Waals surface area contributed by atoms with Crippen molar-refractivity contribution in [1.29, 1.82) is 5.26 Å². The van der Waals surface area contributed by atoms with Crippen LogP contribution in [0.4, 0.5) is 5.69 Å². The number of hydrogen-bond donors (Lipinski definition) is 1. The van der Waals surface area contributed by atoms with Crippen molar-refractivity contribution in [3.8, 4) is 6.07 Å². The summed E-state index contributed by atoms with van der Waals surface area (Å²) in [5, 5.41) is 11.9. The van der Waals surface area contributed by atoms with Crippen molar-refractivity contribution < 1.29 is 0 Å². The molecule has 0 unspecified atom stereocenters. The van der Waals surface area contributed by atoms with Gasteiger partial charge in [0, 0.05) is 11.0 Å². The molecule has 0 saturated carbocycles. The Labute approximate surface area is 86.0 Å². The predicted octanol–water partition coefficient (Wildman–Crippen LogP) is 2.88. The molecule has 2 nitrogen and oxygen atoms in total. The van der Waals surface area contributed by atoms with Crippen molar-refractivity contribution in [2.24, 2.45) is 0 Å². The van der Waals surface area contributed by atoms with Gasteiger partial charge in [-0.3, -0.25) is 0 Å². The molecule has 1 aromatic rings. The highest BCUT2D eigenvalue weighted by Crippen LogP contribution is 2.14. The fourth-order valence-electron chi connectivity index (χ4n) is 0.926. The summed E-state index contributed by atoms with van der Waals surface area (Å²) in [4.78, 5) is 0. The van der Waals surface area contributed by atoms with Gasteiger partial charge in [0.25, 0.3) is 0 Å². The van der Waals surface area contributed by atoms with Crippen LogP contribution in [-0.4, -0.2) is 6.54 Å². The third-order valence-electron chi connectivity index (χ3n) is 1.52. The largest absolute Gasteiger partial charge is 0.379 e. The Kier molecular flexibility index (Phi) is 3.53. The minimum Gasteiger partial charge on any atom is -0.379 e. The molecule has 0 aliphatic carbocycles. The normalized spacial score (nSPS) is 8.92. The summed E-state index contributed by atoms with van der Waals surface area (Å²) in [6.07, 6.45) is 0. The lowest BCUT2D eigenvalue weighted by Gasteiger charge is -2.05. The summed E-state index contributed by atoms with van der Waals surface area (Å²) in [5.74, 6) is 0. The first kappa shape index (κ1) is 9.82. The van der Waals surface area contributed by atoms with E-state index in [1.807, 2.05) is 18.2 Å². The third kappa shape index (κ3) is 2.92. The third-order valence-corrected chi connectivity index (χ3v) is 1.80. The van der Waals surface area contributed by atoms with Crippen molar-refractivity contribution in [3.05, 3.63) is 40.9 Å².